The molecule has 1 amide bonds. The van der Waals surface area contributed by atoms with Crippen LogP contribution in [-0.4, -0.2) is 38.2 Å². The van der Waals surface area contributed by atoms with Gasteiger partial charge in [0.1, 0.15) is 12.1 Å². The predicted octanol–water partition coefficient (Wildman–Crippen LogP) is 3.92. The fraction of sp³-hybridized carbons (Fsp3) is 0.318. The van der Waals surface area contributed by atoms with Crippen molar-refractivity contribution in [2.45, 2.75) is 32.8 Å². The third-order valence-corrected chi connectivity index (χ3v) is 4.36. The number of oxime groups is 1. The molecule has 0 spiro atoms. The lowest BCUT2D eigenvalue weighted by atomic mass is 10.1. The van der Waals surface area contributed by atoms with Crippen LogP contribution in [0.1, 0.15) is 43.3 Å². The summed E-state index contributed by atoms with van der Waals surface area (Å²) in [5, 5.41) is 11.0. The largest absolute Gasteiger partial charge is 0.449 e. The number of benzene rings is 1. The molecule has 0 saturated carbocycles. The number of anilines is 1. The van der Waals surface area contributed by atoms with Crippen molar-refractivity contribution in [1.29, 1.82) is 0 Å². The van der Waals surface area contributed by atoms with Crippen molar-refractivity contribution in [1.82, 2.24) is 19.7 Å². The minimum atomic E-state index is -0.520. The van der Waals surface area contributed by atoms with Gasteiger partial charge in [0, 0.05) is 12.6 Å². The van der Waals surface area contributed by atoms with Crippen LogP contribution in [0.25, 0.3) is 0 Å². The molecule has 0 fully saturated rings. The van der Waals surface area contributed by atoms with E-state index in [-0.39, 0.29) is 6.61 Å². The maximum absolute atomic E-state index is 11.9. The number of hydrogen-bond donors (Lipinski definition) is 1. The lowest BCUT2D eigenvalue weighted by molar-refractivity contribution is 0.128. The summed E-state index contributed by atoms with van der Waals surface area (Å²) in [4.78, 5) is 26.1. The number of carbonyl (C=O) groups excluding carboxylic acids is 1. The Morgan fingerprint density at radius 3 is 2.71 bits per heavy atom. The minimum absolute atomic E-state index is 0.120. The number of hydrogen-bond acceptors (Lipinski definition) is 7. The summed E-state index contributed by atoms with van der Waals surface area (Å²) in [6.45, 7) is 2.61. The quantitative estimate of drug-likeness (QED) is 0.302. The number of ether oxygens (including phenoxy) is 1. The van der Waals surface area contributed by atoms with Crippen molar-refractivity contribution in [3.05, 3.63) is 71.9 Å². The number of amides is 1. The summed E-state index contributed by atoms with van der Waals surface area (Å²) in [6.07, 6.45) is 3.88. The van der Waals surface area contributed by atoms with E-state index in [1.165, 1.54) is 6.33 Å². The van der Waals surface area contributed by atoms with Crippen molar-refractivity contribution >= 4 is 17.6 Å². The zero-order chi connectivity index (χ0) is 21.9. The van der Waals surface area contributed by atoms with Gasteiger partial charge in [-0.2, -0.15) is 5.10 Å². The number of aryl methyl sites for hydroxylation is 1. The molecule has 162 valence electrons. The summed E-state index contributed by atoms with van der Waals surface area (Å²) in [7, 11) is 1.79. The Balaban J connectivity index is 1.63. The van der Waals surface area contributed by atoms with Gasteiger partial charge in [-0.1, -0.05) is 61.3 Å². The van der Waals surface area contributed by atoms with Crippen LogP contribution in [0.2, 0.25) is 0 Å². The van der Waals surface area contributed by atoms with Crippen LogP contribution in [0.15, 0.2) is 60.0 Å². The molecule has 1 N–H and O–H groups in total. The number of unbranched alkanes of at least 4 members (excludes halogenated alkanes) is 2. The highest BCUT2D eigenvalue weighted by Gasteiger charge is 2.13. The Morgan fingerprint density at radius 1 is 1.13 bits per heavy atom. The highest BCUT2D eigenvalue weighted by molar-refractivity contribution is 6.10. The molecule has 0 unspecified atom stereocenters. The Kier molecular flexibility index (Phi) is 8.10. The molecule has 0 aliphatic rings. The molecule has 0 radical (unpaired) electrons. The van der Waals surface area contributed by atoms with E-state index in [2.05, 4.69) is 32.5 Å². The highest BCUT2D eigenvalue weighted by atomic mass is 16.6. The highest BCUT2D eigenvalue weighted by Crippen LogP contribution is 2.11. The maximum atomic E-state index is 11.9. The van der Waals surface area contributed by atoms with E-state index in [9.17, 15) is 4.79 Å². The van der Waals surface area contributed by atoms with E-state index in [1.54, 1.807) is 29.9 Å². The van der Waals surface area contributed by atoms with Crippen molar-refractivity contribution < 1.29 is 14.4 Å². The first-order chi connectivity index (χ1) is 15.2. The Morgan fingerprint density at radius 2 is 1.97 bits per heavy atom. The van der Waals surface area contributed by atoms with E-state index in [0.29, 0.717) is 29.7 Å². The molecule has 0 atom stereocenters. The van der Waals surface area contributed by atoms with E-state index in [4.69, 9.17) is 9.57 Å². The van der Waals surface area contributed by atoms with Gasteiger partial charge in [-0.3, -0.25) is 5.32 Å². The van der Waals surface area contributed by atoms with Crippen molar-refractivity contribution in [2.24, 2.45) is 12.2 Å². The number of pyridine rings is 1. The number of carbonyl (C=O) groups is 1. The molecule has 0 aliphatic carbocycles. The zero-order valence-electron chi connectivity index (χ0n) is 17.7. The lowest BCUT2D eigenvalue weighted by Gasteiger charge is -2.08. The molecule has 2 heterocycles. The van der Waals surface area contributed by atoms with Gasteiger partial charge in [-0.15, -0.1) is 0 Å². The summed E-state index contributed by atoms with van der Waals surface area (Å²) in [6, 6.07) is 14.9. The first-order valence-electron chi connectivity index (χ1n) is 10.2. The van der Waals surface area contributed by atoms with Crippen LogP contribution >= 0.6 is 0 Å². The third kappa shape index (κ3) is 6.63. The Labute approximate surface area is 181 Å². The SMILES string of the molecule is CCCCCOC(=O)Nc1cccc(CON=C(c2ccccc2)c2ncnn2C)n1. The third-order valence-electron chi connectivity index (χ3n) is 4.36. The monoisotopic (exact) mass is 422 g/mol. The van der Waals surface area contributed by atoms with Crippen LogP contribution in [0.4, 0.5) is 10.6 Å². The van der Waals surface area contributed by atoms with E-state index >= 15 is 0 Å². The fourth-order valence-corrected chi connectivity index (χ4v) is 2.78. The van der Waals surface area contributed by atoms with Crippen molar-refractivity contribution in [3.63, 3.8) is 0 Å². The van der Waals surface area contributed by atoms with Crippen molar-refractivity contribution in [3.8, 4) is 0 Å². The average Bonchev–Trinajstić information content (AvgIpc) is 3.21. The van der Waals surface area contributed by atoms with Gasteiger partial charge in [-0.05, 0) is 18.6 Å². The zero-order valence-corrected chi connectivity index (χ0v) is 17.7. The van der Waals surface area contributed by atoms with Crippen LogP contribution in [0.5, 0.6) is 0 Å². The van der Waals surface area contributed by atoms with Gasteiger partial charge in [0.05, 0.1) is 12.3 Å². The van der Waals surface area contributed by atoms with Gasteiger partial charge < -0.3 is 9.57 Å². The molecule has 1 aromatic carbocycles. The lowest BCUT2D eigenvalue weighted by Crippen LogP contribution is -2.15. The van der Waals surface area contributed by atoms with Crippen LogP contribution in [-0.2, 0) is 23.2 Å². The average molecular weight is 422 g/mol. The first kappa shape index (κ1) is 21.9. The number of nitrogens with one attached hydrogen (secondary N) is 1. The van der Waals surface area contributed by atoms with Gasteiger partial charge in [0.2, 0.25) is 0 Å². The molecule has 2 aromatic heterocycles. The van der Waals surface area contributed by atoms with Gasteiger partial charge >= 0.3 is 6.09 Å². The Hall–Kier alpha value is -3.75. The summed E-state index contributed by atoms with van der Waals surface area (Å²) >= 11 is 0. The second-order valence-corrected chi connectivity index (χ2v) is 6.77. The maximum Gasteiger partial charge on any atom is 0.412 e. The second kappa shape index (κ2) is 11.4. The molecule has 9 heteroatoms. The van der Waals surface area contributed by atoms with Gasteiger partial charge in [-0.25, -0.2) is 19.4 Å². The molecule has 31 heavy (non-hydrogen) atoms. The number of aromatic nitrogens is 4. The molecule has 3 aromatic rings. The predicted molar refractivity (Wildman–Crippen MR) is 117 cm³/mol. The first-order valence-corrected chi connectivity index (χ1v) is 10.2. The molecular formula is C22H26N6O3. The Bertz CT molecular complexity index is 1000. The summed E-state index contributed by atoms with van der Waals surface area (Å²) in [5.41, 5.74) is 2.02. The topological polar surface area (TPSA) is 104 Å². The van der Waals surface area contributed by atoms with Crippen molar-refractivity contribution in [2.75, 3.05) is 11.9 Å². The molecule has 0 saturated heterocycles. The van der Waals surface area contributed by atoms with Gasteiger partial charge in [0.25, 0.3) is 0 Å². The van der Waals surface area contributed by atoms with Crippen LogP contribution in [0.3, 0.4) is 0 Å². The number of rotatable bonds is 10. The van der Waals surface area contributed by atoms with E-state index in [0.717, 1.165) is 24.8 Å². The molecule has 0 aliphatic heterocycles. The van der Waals surface area contributed by atoms with Crippen LogP contribution < -0.4 is 5.32 Å². The minimum Gasteiger partial charge on any atom is -0.449 e. The summed E-state index contributed by atoms with van der Waals surface area (Å²) in [5.74, 6) is 0.975. The number of nitrogens with zero attached hydrogens (tertiary/aromatic N) is 5. The second-order valence-electron chi connectivity index (χ2n) is 6.77. The molecule has 9 nitrogen and oxygen atoms in total. The van der Waals surface area contributed by atoms with E-state index < -0.39 is 6.09 Å². The standard InChI is InChI=1S/C22H26N6O3/c1-3-4-8-14-30-22(29)26-19-13-9-12-18(25-19)15-31-27-20(17-10-6-5-7-11-17)21-23-16-24-28(21)2/h5-7,9-13,16H,3-4,8,14-15H2,1-2H3,(H,25,26,29). The molecule has 3 rings (SSSR count). The fourth-order valence-electron chi connectivity index (χ4n) is 2.78. The summed E-state index contributed by atoms with van der Waals surface area (Å²) < 4.78 is 6.77. The molecule has 0 bridgehead atoms. The van der Waals surface area contributed by atoms with E-state index in [1.807, 2.05) is 30.3 Å². The smallest absolute Gasteiger partial charge is 0.412 e. The van der Waals surface area contributed by atoms with Crippen LogP contribution in [0, 0.1) is 0 Å². The molecular weight excluding hydrogens is 396 g/mol. The normalized spacial score (nSPS) is 11.2. The van der Waals surface area contributed by atoms with Gasteiger partial charge in [0.15, 0.2) is 18.1 Å².